The van der Waals surface area contributed by atoms with Gasteiger partial charge in [-0.3, -0.25) is 9.59 Å². The third kappa shape index (κ3) is 4.11. The van der Waals surface area contributed by atoms with E-state index < -0.39 is 17.4 Å². The van der Waals surface area contributed by atoms with Gasteiger partial charge < -0.3 is 9.84 Å². The summed E-state index contributed by atoms with van der Waals surface area (Å²) in [6.07, 6.45) is 0.305. The largest absolute Gasteiger partial charge is 0.480 e. The quantitative estimate of drug-likeness (QED) is 0.413. The Morgan fingerprint density at radius 3 is 2.40 bits per heavy atom. The van der Waals surface area contributed by atoms with Crippen LogP contribution >= 0.6 is 11.8 Å². The van der Waals surface area contributed by atoms with Crippen molar-refractivity contribution in [2.45, 2.75) is 27.2 Å². The van der Waals surface area contributed by atoms with Gasteiger partial charge in [0.15, 0.2) is 5.41 Å². The van der Waals surface area contributed by atoms with E-state index in [0.717, 1.165) is 5.75 Å². The molecule has 15 heavy (non-hydrogen) atoms. The highest BCUT2D eigenvalue weighted by molar-refractivity contribution is 7.99. The molecule has 0 aliphatic rings. The maximum atomic E-state index is 11.5. The number of carbonyl (C=O) groups excluding carboxylic acids is 1. The van der Waals surface area contributed by atoms with Gasteiger partial charge in [0.2, 0.25) is 0 Å². The zero-order valence-corrected chi connectivity index (χ0v) is 10.2. The van der Waals surface area contributed by atoms with Crippen LogP contribution in [0.4, 0.5) is 0 Å². The van der Waals surface area contributed by atoms with E-state index in [2.05, 4.69) is 0 Å². The van der Waals surface area contributed by atoms with E-state index in [-0.39, 0.29) is 6.61 Å². The fourth-order valence-electron chi connectivity index (χ4n) is 1.01. The minimum atomic E-state index is -1.40. The van der Waals surface area contributed by atoms with E-state index in [1.165, 1.54) is 6.92 Å². The molecule has 0 aliphatic carbocycles. The summed E-state index contributed by atoms with van der Waals surface area (Å²) < 4.78 is 4.77. The Morgan fingerprint density at radius 1 is 1.40 bits per heavy atom. The Labute approximate surface area is 94.4 Å². The van der Waals surface area contributed by atoms with Gasteiger partial charge in [0.25, 0.3) is 0 Å². The minimum Gasteiger partial charge on any atom is -0.480 e. The van der Waals surface area contributed by atoms with Crippen LogP contribution in [0.5, 0.6) is 0 Å². The molecule has 0 amide bonds. The van der Waals surface area contributed by atoms with Crippen LogP contribution in [0.15, 0.2) is 0 Å². The lowest BCUT2D eigenvalue weighted by atomic mass is 9.88. The van der Waals surface area contributed by atoms with Crippen molar-refractivity contribution < 1.29 is 19.4 Å². The maximum absolute atomic E-state index is 11.5. The molecule has 0 spiro atoms. The summed E-state index contributed by atoms with van der Waals surface area (Å²) in [5.41, 5.74) is -1.40. The molecule has 4 nitrogen and oxygen atoms in total. The van der Waals surface area contributed by atoms with Crippen molar-refractivity contribution in [2.75, 3.05) is 18.1 Å². The summed E-state index contributed by atoms with van der Waals surface area (Å²) in [6.45, 7) is 5.29. The fraction of sp³-hybridized carbons (Fsp3) is 0.800. The Morgan fingerprint density at radius 2 is 2.00 bits per heavy atom. The van der Waals surface area contributed by atoms with Gasteiger partial charge in [0.1, 0.15) is 0 Å². The second-order valence-electron chi connectivity index (χ2n) is 3.30. The molecule has 5 heteroatoms. The Hall–Kier alpha value is -0.710. The van der Waals surface area contributed by atoms with Crippen LogP contribution in [0.2, 0.25) is 0 Å². The molecule has 0 rings (SSSR count). The molecule has 0 aromatic heterocycles. The molecule has 0 fully saturated rings. The van der Waals surface area contributed by atoms with Gasteiger partial charge in [0, 0.05) is 0 Å². The summed E-state index contributed by atoms with van der Waals surface area (Å²) in [4.78, 5) is 22.5. The number of carboxylic acid groups (broad SMARTS) is 1. The number of rotatable bonds is 7. The topological polar surface area (TPSA) is 63.6 Å². The molecule has 0 saturated carbocycles. The lowest BCUT2D eigenvalue weighted by molar-refractivity contribution is -0.167. The van der Waals surface area contributed by atoms with Crippen LogP contribution in [-0.2, 0) is 14.3 Å². The highest BCUT2D eigenvalue weighted by atomic mass is 32.2. The van der Waals surface area contributed by atoms with Crippen molar-refractivity contribution in [1.82, 2.24) is 0 Å². The van der Waals surface area contributed by atoms with Crippen LogP contribution < -0.4 is 0 Å². The molecule has 0 heterocycles. The average Bonchev–Trinajstić information content (AvgIpc) is 2.18. The van der Waals surface area contributed by atoms with Gasteiger partial charge in [-0.25, -0.2) is 0 Å². The molecule has 0 radical (unpaired) electrons. The average molecular weight is 234 g/mol. The van der Waals surface area contributed by atoms with E-state index in [0.29, 0.717) is 12.2 Å². The first-order valence-corrected chi connectivity index (χ1v) is 6.12. The summed E-state index contributed by atoms with van der Waals surface area (Å²) in [5.74, 6) is -0.191. The molecule has 0 aromatic rings. The molecule has 1 atom stereocenters. The number of aliphatic carboxylic acids is 1. The Bertz CT molecular complexity index is 229. The second kappa shape index (κ2) is 6.71. The minimum absolute atomic E-state index is 0.211. The van der Waals surface area contributed by atoms with Gasteiger partial charge in [-0.15, -0.1) is 0 Å². The highest BCUT2D eigenvalue weighted by Gasteiger charge is 2.42. The lowest BCUT2D eigenvalue weighted by Crippen LogP contribution is -2.38. The number of hydrogen-bond donors (Lipinski definition) is 1. The normalized spacial score (nSPS) is 14.3. The molecule has 1 unspecified atom stereocenters. The van der Waals surface area contributed by atoms with Gasteiger partial charge in [0.05, 0.1) is 6.61 Å². The first kappa shape index (κ1) is 14.3. The second-order valence-corrected chi connectivity index (χ2v) is 4.70. The van der Waals surface area contributed by atoms with E-state index in [9.17, 15) is 9.59 Å². The summed E-state index contributed by atoms with van der Waals surface area (Å²) >= 11 is 1.62. The standard InChI is InChI=1S/C10H18O4S/c1-4-14-9(13)10(3,8(11)12)6-7-15-5-2/h4-7H2,1-3H3,(H,11,12). The number of esters is 1. The predicted molar refractivity (Wildman–Crippen MR) is 60.0 cm³/mol. The third-order valence-corrected chi connectivity index (χ3v) is 3.05. The van der Waals surface area contributed by atoms with Crippen LogP contribution in [0.3, 0.4) is 0 Å². The lowest BCUT2D eigenvalue weighted by Gasteiger charge is -2.21. The highest BCUT2D eigenvalue weighted by Crippen LogP contribution is 2.26. The molecule has 0 aliphatic heterocycles. The number of ether oxygens (including phenoxy) is 1. The third-order valence-electron chi connectivity index (χ3n) is 2.15. The molecule has 1 N–H and O–H groups in total. The van der Waals surface area contributed by atoms with Crippen molar-refractivity contribution in [3.63, 3.8) is 0 Å². The van der Waals surface area contributed by atoms with E-state index >= 15 is 0 Å². The molecule has 0 saturated heterocycles. The molecule has 88 valence electrons. The monoisotopic (exact) mass is 234 g/mol. The van der Waals surface area contributed by atoms with Crippen LogP contribution in [0.1, 0.15) is 27.2 Å². The van der Waals surface area contributed by atoms with Gasteiger partial charge in [-0.05, 0) is 31.8 Å². The molecule has 0 aromatic carbocycles. The first-order valence-electron chi connectivity index (χ1n) is 4.97. The van der Waals surface area contributed by atoms with Crippen molar-refractivity contribution in [3.8, 4) is 0 Å². The van der Waals surface area contributed by atoms with Crippen LogP contribution in [0.25, 0.3) is 0 Å². The Balaban J connectivity index is 4.44. The van der Waals surface area contributed by atoms with E-state index in [1.807, 2.05) is 6.92 Å². The molecular formula is C10H18O4S. The van der Waals surface area contributed by atoms with Crippen molar-refractivity contribution in [2.24, 2.45) is 5.41 Å². The van der Waals surface area contributed by atoms with Crippen molar-refractivity contribution >= 4 is 23.7 Å². The number of carbonyl (C=O) groups is 2. The van der Waals surface area contributed by atoms with Crippen molar-refractivity contribution in [1.29, 1.82) is 0 Å². The summed E-state index contributed by atoms with van der Waals surface area (Å²) in [5, 5.41) is 9.02. The predicted octanol–water partition coefficient (Wildman–Crippen LogP) is 1.78. The number of thioether (sulfide) groups is 1. The fourth-order valence-corrected chi connectivity index (χ4v) is 1.85. The molecule has 0 bridgehead atoms. The number of hydrogen-bond acceptors (Lipinski definition) is 4. The van der Waals surface area contributed by atoms with Gasteiger partial charge in [-0.2, -0.15) is 11.8 Å². The summed E-state index contributed by atoms with van der Waals surface area (Å²) in [7, 11) is 0. The van der Waals surface area contributed by atoms with Crippen LogP contribution in [-0.4, -0.2) is 35.2 Å². The van der Waals surface area contributed by atoms with Gasteiger partial charge in [-0.1, -0.05) is 6.92 Å². The zero-order valence-electron chi connectivity index (χ0n) is 9.41. The van der Waals surface area contributed by atoms with Crippen LogP contribution in [0, 0.1) is 5.41 Å². The van der Waals surface area contributed by atoms with Gasteiger partial charge >= 0.3 is 11.9 Å². The maximum Gasteiger partial charge on any atom is 0.323 e. The smallest absolute Gasteiger partial charge is 0.323 e. The SMILES string of the molecule is CCOC(=O)C(C)(CCSCC)C(=O)O. The summed E-state index contributed by atoms with van der Waals surface area (Å²) in [6, 6.07) is 0. The molecular weight excluding hydrogens is 216 g/mol. The first-order chi connectivity index (χ1) is 6.99. The Kier molecular flexibility index (Phi) is 6.40. The van der Waals surface area contributed by atoms with E-state index in [1.54, 1.807) is 18.7 Å². The van der Waals surface area contributed by atoms with E-state index in [4.69, 9.17) is 9.84 Å². The number of carboxylic acids is 1. The zero-order chi connectivity index (χ0) is 11.9. The van der Waals surface area contributed by atoms with Crippen molar-refractivity contribution in [3.05, 3.63) is 0 Å².